The molecule has 0 aliphatic rings. The topological polar surface area (TPSA) is 0 Å². The summed E-state index contributed by atoms with van der Waals surface area (Å²) < 4.78 is 0. The molecule has 42 heavy (non-hydrogen) atoms. The second-order valence-electron chi connectivity index (χ2n) is 17.4. The molecule has 0 spiro atoms. The molecule has 0 nitrogen and oxygen atoms in total. The first-order chi connectivity index (χ1) is 19.1. The minimum atomic E-state index is 0.202. The lowest BCUT2D eigenvalue weighted by Gasteiger charge is -2.30. The molecule has 0 bridgehead atoms. The largest absolute Gasteiger partial charge is 0.0651 e. The van der Waals surface area contributed by atoms with Gasteiger partial charge in [0.25, 0.3) is 0 Å². The molecule has 0 radical (unpaired) electrons. The van der Waals surface area contributed by atoms with Crippen LogP contribution in [0.4, 0.5) is 0 Å². The molecule has 0 fully saturated rings. The zero-order chi connectivity index (χ0) is 32.6. The van der Waals surface area contributed by atoms with Crippen molar-refractivity contribution < 1.29 is 0 Å². The highest BCUT2D eigenvalue weighted by molar-refractivity contribution is 5.39. The maximum Gasteiger partial charge on any atom is -0.0132 e. The molecule has 0 heterocycles. The van der Waals surface area contributed by atoms with Crippen LogP contribution < -0.4 is 0 Å². The quantitative estimate of drug-likeness (QED) is 0.264. The lowest BCUT2D eigenvalue weighted by molar-refractivity contribution is 0.377. The molecule has 0 aliphatic heterocycles. The van der Waals surface area contributed by atoms with Gasteiger partial charge in [0.1, 0.15) is 0 Å². The van der Waals surface area contributed by atoms with Crippen molar-refractivity contribution in [1.82, 2.24) is 0 Å². The maximum absolute atomic E-state index is 2.49. The average Bonchev–Trinajstić information content (AvgIpc) is 2.88. The first-order valence-corrected chi connectivity index (χ1v) is 17.4. The molecule has 0 aromatic heterocycles. The van der Waals surface area contributed by atoms with Gasteiger partial charge in [-0.1, -0.05) is 173 Å². The van der Waals surface area contributed by atoms with Crippen molar-refractivity contribution in [1.29, 1.82) is 0 Å². The molecular weight excluding hydrogens is 504 g/mol. The van der Waals surface area contributed by atoms with Gasteiger partial charge in [-0.2, -0.15) is 0 Å². The highest BCUT2D eigenvalue weighted by Gasteiger charge is 2.25. The van der Waals surface area contributed by atoms with E-state index in [1.165, 1.54) is 47.9 Å². The van der Waals surface area contributed by atoms with Crippen LogP contribution in [0.25, 0.3) is 0 Å². The Morgan fingerprint density at radius 2 is 0.952 bits per heavy atom. The highest BCUT2D eigenvalue weighted by Crippen LogP contribution is 2.38. The van der Waals surface area contributed by atoms with Crippen molar-refractivity contribution in [2.75, 3.05) is 0 Å². The van der Waals surface area contributed by atoms with Crippen LogP contribution in [0.5, 0.6) is 0 Å². The van der Waals surface area contributed by atoms with E-state index in [-0.39, 0.29) is 16.2 Å². The molecule has 240 valence electrons. The summed E-state index contributed by atoms with van der Waals surface area (Å²) in [6, 6.07) is 16.8. The Morgan fingerprint density at radius 3 is 1.29 bits per heavy atom. The molecule has 0 saturated carbocycles. The average molecular weight is 577 g/mol. The third-order valence-electron chi connectivity index (χ3n) is 9.53. The number of benzene rings is 2. The van der Waals surface area contributed by atoms with Crippen LogP contribution in [0.2, 0.25) is 0 Å². The van der Waals surface area contributed by atoms with E-state index < -0.39 is 0 Å². The van der Waals surface area contributed by atoms with Crippen LogP contribution in [0.15, 0.2) is 42.5 Å². The Hall–Kier alpha value is -1.56. The first kappa shape index (κ1) is 38.5. The van der Waals surface area contributed by atoms with E-state index in [1.54, 1.807) is 5.56 Å². The van der Waals surface area contributed by atoms with Crippen molar-refractivity contribution in [3.63, 3.8) is 0 Å². The Kier molecular flexibility index (Phi) is 14.6. The summed E-state index contributed by atoms with van der Waals surface area (Å²) in [6.45, 7) is 39.7. The normalized spacial score (nSPS) is 15.7. The summed E-state index contributed by atoms with van der Waals surface area (Å²) in [7, 11) is 0. The Bertz CT molecular complexity index is 997. The lowest BCUT2D eigenvalue weighted by atomic mass is 9.75. The number of hydrogen-bond donors (Lipinski definition) is 0. The van der Waals surface area contributed by atoms with Gasteiger partial charge in [-0.25, -0.2) is 0 Å². The van der Waals surface area contributed by atoms with E-state index in [0.717, 1.165) is 17.8 Å². The summed E-state index contributed by atoms with van der Waals surface area (Å²) in [5, 5.41) is 0. The fourth-order valence-corrected chi connectivity index (χ4v) is 5.84. The van der Waals surface area contributed by atoms with E-state index in [0.29, 0.717) is 17.8 Å². The molecule has 4 atom stereocenters. The molecule has 0 N–H and O–H groups in total. The second kappa shape index (κ2) is 16.0. The zero-order valence-electron chi connectivity index (χ0n) is 31.3. The smallest absolute Gasteiger partial charge is 0.0132 e. The maximum atomic E-state index is 2.49. The van der Waals surface area contributed by atoms with E-state index in [9.17, 15) is 0 Å². The molecule has 0 aliphatic carbocycles. The van der Waals surface area contributed by atoms with Gasteiger partial charge in [0.15, 0.2) is 0 Å². The van der Waals surface area contributed by atoms with Gasteiger partial charge >= 0.3 is 0 Å². The summed E-state index contributed by atoms with van der Waals surface area (Å²) in [4.78, 5) is 0. The van der Waals surface area contributed by atoms with Gasteiger partial charge in [0.2, 0.25) is 0 Å². The summed E-state index contributed by atoms with van der Waals surface area (Å²) in [5.74, 6) is 4.38. The third kappa shape index (κ3) is 12.2. The highest BCUT2D eigenvalue weighted by atomic mass is 14.3. The van der Waals surface area contributed by atoms with Gasteiger partial charge in [0.05, 0.1) is 0 Å². The number of rotatable bonds is 10. The predicted octanol–water partition coefficient (Wildman–Crippen LogP) is 13.6. The monoisotopic (exact) mass is 577 g/mol. The molecule has 2 aromatic carbocycles. The summed E-state index contributed by atoms with van der Waals surface area (Å²) >= 11 is 0. The van der Waals surface area contributed by atoms with Crippen molar-refractivity contribution in [3.8, 4) is 0 Å². The van der Waals surface area contributed by atoms with Crippen LogP contribution >= 0.6 is 0 Å². The van der Waals surface area contributed by atoms with E-state index in [1.807, 2.05) is 0 Å². The van der Waals surface area contributed by atoms with Crippen LogP contribution in [0.3, 0.4) is 0 Å². The fraction of sp³-hybridized carbons (Fsp3) is 0.714. The standard InChI is InChI=1S/C23H40.C19H32/c1-11-17(4)12-21(16(2)3)18-13-19(22(5,6)7)15-20(14-18)23(8,9)10;1-8-15(4)18(13-14(2)3)16-9-11-17(12-10-16)19(5,6)7/h13-17,21H,11-12H2,1-10H3;9-12,14-15,18H,8,13H2,1-7H3. The molecule has 0 saturated heterocycles. The van der Waals surface area contributed by atoms with Crippen molar-refractivity contribution in [2.24, 2.45) is 23.7 Å². The zero-order valence-corrected chi connectivity index (χ0v) is 31.3. The molecule has 0 amide bonds. The Labute approximate surface area is 264 Å². The second-order valence-corrected chi connectivity index (χ2v) is 17.4. The minimum Gasteiger partial charge on any atom is -0.0651 e. The SMILES string of the molecule is CCC(C)C(CC(C)C)c1ccc(C(C)(C)C)cc1.CCC(C)CC(c1cc(C(C)(C)C)cc(C(C)(C)C)c1)C(C)C. The van der Waals surface area contributed by atoms with Crippen molar-refractivity contribution in [3.05, 3.63) is 70.3 Å². The lowest BCUT2D eigenvalue weighted by Crippen LogP contribution is -2.19. The summed E-state index contributed by atoms with van der Waals surface area (Å²) in [5.41, 5.74) is 8.13. The van der Waals surface area contributed by atoms with E-state index in [2.05, 4.69) is 160 Å². The van der Waals surface area contributed by atoms with Gasteiger partial charge in [-0.3, -0.25) is 0 Å². The molecular formula is C42H72. The minimum absolute atomic E-state index is 0.202. The van der Waals surface area contributed by atoms with Crippen LogP contribution in [-0.2, 0) is 16.2 Å². The molecule has 2 aromatic rings. The Balaban J connectivity index is 0.000000428. The van der Waals surface area contributed by atoms with Gasteiger partial charge in [0, 0.05) is 0 Å². The summed E-state index contributed by atoms with van der Waals surface area (Å²) in [6.07, 6.45) is 5.13. The van der Waals surface area contributed by atoms with E-state index in [4.69, 9.17) is 0 Å². The fourth-order valence-electron chi connectivity index (χ4n) is 5.84. The van der Waals surface area contributed by atoms with Gasteiger partial charge < -0.3 is 0 Å². The van der Waals surface area contributed by atoms with Crippen LogP contribution in [0, 0.1) is 23.7 Å². The van der Waals surface area contributed by atoms with E-state index >= 15 is 0 Å². The molecule has 2 rings (SSSR count). The predicted molar refractivity (Wildman–Crippen MR) is 192 cm³/mol. The van der Waals surface area contributed by atoms with Gasteiger partial charge in [-0.05, 0) is 92.4 Å². The van der Waals surface area contributed by atoms with Crippen molar-refractivity contribution >= 4 is 0 Å². The van der Waals surface area contributed by atoms with Crippen LogP contribution in [0.1, 0.15) is 183 Å². The van der Waals surface area contributed by atoms with Crippen molar-refractivity contribution in [2.45, 2.75) is 171 Å². The Morgan fingerprint density at radius 1 is 0.500 bits per heavy atom. The third-order valence-corrected chi connectivity index (χ3v) is 9.53. The van der Waals surface area contributed by atoms with Gasteiger partial charge in [-0.15, -0.1) is 0 Å². The molecule has 4 unspecified atom stereocenters. The number of hydrogen-bond acceptors (Lipinski definition) is 0. The molecule has 0 heteroatoms. The first-order valence-electron chi connectivity index (χ1n) is 17.4. The van der Waals surface area contributed by atoms with Crippen LogP contribution in [-0.4, -0.2) is 0 Å².